The van der Waals surface area contributed by atoms with Crippen molar-refractivity contribution in [2.45, 2.75) is 20.0 Å². The molecule has 0 amide bonds. The zero-order valence-corrected chi connectivity index (χ0v) is 12.1. The molecule has 2 rings (SSSR count). The minimum atomic E-state index is -0.666. The number of hydrogen-bond acceptors (Lipinski definition) is 4. The summed E-state index contributed by atoms with van der Waals surface area (Å²) < 4.78 is 20.1. The highest BCUT2D eigenvalue weighted by molar-refractivity contribution is 5.89. The van der Waals surface area contributed by atoms with Crippen LogP contribution in [0.2, 0.25) is 0 Å². The van der Waals surface area contributed by atoms with Crippen LogP contribution in [0.3, 0.4) is 0 Å². The molecule has 0 spiro atoms. The highest BCUT2D eigenvalue weighted by Crippen LogP contribution is 2.11. The second-order valence-electron chi connectivity index (χ2n) is 4.76. The number of aryl methyl sites for hydroxylation is 1. The summed E-state index contributed by atoms with van der Waals surface area (Å²) in [5.41, 5.74) is 1.85. The molecule has 112 valence electrons. The number of carbonyl (C=O) groups excluding carboxylic acids is 1. The summed E-state index contributed by atoms with van der Waals surface area (Å²) in [6, 6.07) is 4.49. The van der Waals surface area contributed by atoms with Crippen LogP contribution in [0.25, 0.3) is 0 Å². The van der Waals surface area contributed by atoms with Crippen LogP contribution in [-0.4, -0.2) is 29.4 Å². The van der Waals surface area contributed by atoms with E-state index in [4.69, 9.17) is 0 Å². The predicted molar refractivity (Wildman–Crippen MR) is 76.4 cm³/mol. The van der Waals surface area contributed by atoms with Gasteiger partial charge in [0.2, 0.25) is 0 Å². The minimum Gasteiger partial charge on any atom is -0.465 e. The van der Waals surface area contributed by atoms with E-state index >= 15 is 0 Å². The molecular formula is C15H18FN3O2. The fourth-order valence-corrected chi connectivity index (χ4v) is 1.96. The highest BCUT2D eigenvalue weighted by Gasteiger charge is 2.11. The van der Waals surface area contributed by atoms with E-state index in [0.29, 0.717) is 6.54 Å². The van der Waals surface area contributed by atoms with Crippen LogP contribution < -0.4 is 5.32 Å². The standard InChI is InChI=1S/C15H18FN3O2/c1-11-8-18-19(10-11)6-5-17-9-12-3-4-13(14(16)7-12)15(20)21-2/h3-4,7-8,10,17H,5-6,9H2,1-2H3. The van der Waals surface area contributed by atoms with Crippen molar-refractivity contribution in [3.05, 3.63) is 53.1 Å². The van der Waals surface area contributed by atoms with Crippen molar-refractivity contribution < 1.29 is 13.9 Å². The number of methoxy groups -OCH3 is 1. The van der Waals surface area contributed by atoms with Gasteiger partial charge in [-0.05, 0) is 30.2 Å². The first-order chi connectivity index (χ1) is 10.1. The fraction of sp³-hybridized carbons (Fsp3) is 0.333. The molecule has 6 heteroatoms. The smallest absolute Gasteiger partial charge is 0.340 e. The Morgan fingerprint density at radius 2 is 2.29 bits per heavy atom. The third-order valence-corrected chi connectivity index (χ3v) is 3.05. The monoisotopic (exact) mass is 291 g/mol. The van der Waals surface area contributed by atoms with Gasteiger partial charge >= 0.3 is 5.97 Å². The Kier molecular flexibility index (Phi) is 5.05. The van der Waals surface area contributed by atoms with Gasteiger partial charge in [-0.2, -0.15) is 5.10 Å². The molecule has 5 nitrogen and oxygen atoms in total. The van der Waals surface area contributed by atoms with Gasteiger partial charge in [-0.15, -0.1) is 0 Å². The maximum atomic E-state index is 13.7. The van der Waals surface area contributed by atoms with Crippen molar-refractivity contribution in [3.8, 4) is 0 Å². The summed E-state index contributed by atoms with van der Waals surface area (Å²) in [5, 5.41) is 7.39. The van der Waals surface area contributed by atoms with Crippen LogP contribution >= 0.6 is 0 Å². The second-order valence-corrected chi connectivity index (χ2v) is 4.76. The van der Waals surface area contributed by atoms with E-state index in [1.54, 1.807) is 12.3 Å². The SMILES string of the molecule is COC(=O)c1ccc(CNCCn2cc(C)cn2)cc1F. The lowest BCUT2D eigenvalue weighted by Gasteiger charge is -2.07. The molecule has 21 heavy (non-hydrogen) atoms. The average molecular weight is 291 g/mol. The van der Waals surface area contributed by atoms with Crippen LogP contribution in [-0.2, 0) is 17.8 Å². The number of carbonyl (C=O) groups is 1. The Balaban J connectivity index is 1.83. The molecule has 0 unspecified atom stereocenters. The summed E-state index contributed by atoms with van der Waals surface area (Å²) in [7, 11) is 1.23. The third kappa shape index (κ3) is 4.13. The van der Waals surface area contributed by atoms with Gasteiger partial charge in [-0.3, -0.25) is 4.68 Å². The van der Waals surface area contributed by atoms with Crippen molar-refractivity contribution in [2.24, 2.45) is 0 Å². The first kappa shape index (κ1) is 15.2. The van der Waals surface area contributed by atoms with Crippen molar-refractivity contribution in [3.63, 3.8) is 0 Å². The molecule has 0 aliphatic heterocycles. The number of aromatic nitrogens is 2. The quantitative estimate of drug-likeness (QED) is 0.652. The van der Waals surface area contributed by atoms with E-state index in [9.17, 15) is 9.18 Å². The van der Waals surface area contributed by atoms with Gasteiger partial charge in [-0.1, -0.05) is 6.07 Å². The van der Waals surface area contributed by atoms with E-state index in [0.717, 1.165) is 24.2 Å². The van der Waals surface area contributed by atoms with Crippen molar-refractivity contribution in [1.82, 2.24) is 15.1 Å². The van der Waals surface area contributed by atoms with E-state index in [-0.39, 0.29) is 5.56 Å². The molecule has 1 aromatic carbocycles. The molecule has 0 saturated heterocycles. The molecule has 0 aliphatic carbocycles. The van der Waals surface area contributed by atoms with Gasteiger partial charge < -0.3 is 10.1 Å². The zero-order chi connectivity index (χ0) is 15.2. The van der Waals surface area contributed by atoms with Gasteiger partial charge in [0, 0.05) is 19.3 Å². The van der Waals surface area contributed by atoms with Crippen LogP contribution in [0.15, 0.2) is 30.6 Å². The summed E-state index contributed by atoms with van der Waals surface area (Å²) in [6.07, 6.45) is 3.77. The van der Waals surface area contributed by atoms with Crippen LogP contribution in [0.4, 0.5) is 4.39 Å². The number of benzene rings is 1. The molecule has 0 aliphatic rings. The maximum absolute atomic E-state index is 13.7. The van der Waals surface area contributed by atoms with E-state index < -0.39 is 11.8 Å². The lowest BCUT2D eigenvalue weighted by Crippen LogP contribution is -2.20. The van der Waals surface area contributed by atoms with E-state index in [1.807, 2.05) is 17.8 Å². The van der Waals surface area contributed by atoms with Crippen molar-refractivity contribution >= 4 is 5.97 Å². The summed E-state index contributed by atoms with van der Waals surface area (Å²) in [6.45, 7) is 3.99. The van der Waals surface area contributed by atoms with Crippen LogP contribution in [0.5, 0.6) is 0 Å². The summed E-state index contributed by atoms with van der Waals surface area (Å²) in [4.78, 5) is 11.3. The van der Waals surface area contributed by atoms with Crippen LogP contribution in [0, 0.1) is 12.7 Å². The Labute approximate surface area is 122 Å². The third-order valence-electron chi connectivity index (χ3n) is 3.05. The number of hydrogen-bond donors (Lipinski definition) is 1. The molecule has 1 heterocycles. The Morgan fingerprint density at radius 1 is 1.48 bits per heavy atom. The first-order valence-electron chi connectivity index (χ1n) is 6.66. The lowest BCUT2D eigenvalue weighted by atomic mass is 10.1. The van der Waals surface area contributed by atoms with Gasteiger partial charge in [0.1, 0.15) is 5.82 Å². The van der Waals surface area contributed by atoms with Gasteiger partial charge in [-0.25, -0.2) is 9.18 Å². The molecule has 0 bridgehead atoms. The first-order valence-corrected chi connectivity index (χ1v) is 6.66. The minimum absolute atomic E-state index is 0.0479. The largest absolute Gasteiger partial charge is 0.465 e. The molecule has 0 atom stereocenters. The Morgan fingerprint density at radius 3 is 2.90 bits per heavy atom. The topological polar surface area (TPSA) is 56.1 Å². The maximum Gasteiger partial charge on any atom is 0.340 e. The molecule has 1 N–H and O–H groups in total. The number of nitrogens with one attached hydrogen (secondary N) is 1. The number of rotatable bonds is 6. The summed E-state index contributed by atoms with van der Waals surface area (Å²) in [5.74, 6) is -1.23. The Bertz CT molecular complexity index is 625. The van der Waals surface area contributed by atoms with Crippen molar-refractivity contribution in [2.75, 3.05) is 13.7 Å². The second kappa shape index (κ2) is 6.99. The lowest BCUT2D eigenvalue weighted by molar-refractivity contribution is 0.0595. The number of nitrogens with zero attached hydrogens (tertiary/aromatic N) is 2. The number of esters is 1. The van der Waals surface area contributed by atoms with Crippen molar-refractivity contribution in [1.29, 1.82) is 0 Å². The Hall–Kier alpha value is -2.21. The van der Waals surface area contributed by atoms with Crippen LogP contribution in [0.1, 0.15) is 21.5 Å². The van der Waals surface area contributed by atoms with E-state index in [2.05, 4.69) is 15.2 Å². The normalized spacial score (nSPS) is 10.6. The van der Waals surface area contributed by atoms with E-state index in [1.165, 1.54) is 19.2 Å². The van der Waals surface area contributed by atoms with Gasteiger partial charge in [0.25, 0.3) is 0 Å². The molecule has 2 aromatic rings. The molecule has 0 radical (unpaired) electrons. The molecular weight excluding hydrogens is 273 g/mol. The molecule has 0 saturated carbocycles. The zero-order valence-electron chi connectivity index (χ0n) is 12.1. The number of ether oxygens (including phenoxy) is 1. The number of halogens is 1. The fourth-order valence-electron chi connectivity index (χ4n) is 1.96. The summed E-state index contributed by atoms with van der Waals surface area (Å²) >= 11 is 0. The van der Waals surface area contributed by atoms with Gasteiger partial charge in [0.05, 0.1) is 25.4 Å². The predicted octanol–water partition coefficient (Wildman–Crippen LogP) is 1.91. The molecule has 1 aromatic heterocycles. The molecule has 0 fully saturated rings. The highest BCUT2D eigenvalue weighted by atomic mass is 19.1. The van der Waals surface area contributed by atoms with Gasteiger partial charge in [0.15, 0.2) is 0 Å². The average Bonchev–Trinajstić information content (AvgIpc) is 2.88.